The molecule has 0 saturated carbocycles. The number of rotatable bonds is 5. The molecule has 0 fully saturated rings. The lowest BCUT2D eigenvalue weighted by molar-refractivity contribution is 0.0944. The van der Waals surface area contributed by atoms with E-state index < -0.39 is 11.9 Å². The lowest BCUT2D eigenvalue weighted by Crippen LogP contribution is -2.31. The summed E-state index contributed by atoms with van der Waals surface area (Å²) in [6, 6.07) is 11.4. The van der Waals surface area contributed by atoms with Gasteiger partial charge in [-0.15, -0.1) is 11.3 Å². The van der Waals surface area contributed by atoms with Gasteiger partial charge in [-0.3, -0.25) is 4.79 Å². The van der Waals surface area contributed by atoms with E-state index >= 15 is 0 Å². The third-order valence-electron chi connectivity index (χ3n) is 4.67. The molecular weight excluding hydrogens is 406 g/mol. The van der Waals surface area contributed by atoms with Crippen LogP contribution in [0.4, 0.5) is 8.78 Å². The molecular formula is C22H18F2N4OS. The minimum absolute atomic E-state index is 0.335. The number of hydrogen-bond donors (Lipinski definition) is 1. The Morgan fingerprint density at radius 1 is 1.13 bits per heavy atom. The Bertz CT molecular complexity index is 1200. The van der Waals surface area contributed by atoms with Crippen LogP contribution in [-0.4, -0.2) is 20.4 Å². The molecule has 8 heteroatoms. The van der Waals surface area contributed by atoms with Crippen molar-refractivity contribution in [1.29, 1.82) is 0 Å². The summed E-state index contributed by atoms with van der Waals surface area (Å²) in [5, 5.41) is 3.58. The first-order valence-electron chi connectivity index (χ1n) is 9.19. The summed E-state index contributed by atoms with van der Waals surface area (Å²) in [4.78, 5) is 22.3. The zero-order chi connectivity index (χ0) is 21.3. The number of nitrogens with zero attached hydrogens (tertiary/aromatic N) is 3. The van der Waals surface area contributed by atoms with Gasteiger partial charge >= 0.3 is 0 Å². The normalized spacial score (nSPS) is 12.0. The van der Waals surface area contributed by atoms with Crippen molar-refractivity contribution in [3.8, 4) is 10.6 Å². The molecule has 1 unspecified atom stereocenters. The number of carbonyl (C=O) groups excluding carboxylic acids is 1. The number of amides is 1. The molecule has 1 N–H and O–H groups in total. The Morgan fingerprint density at radius 2 is 1.90 bits per heavy atom. The summed E-state index contributed by atoms with van der Waals surface area (Å²) >= 11 is 1.22. The molecule has 0 aliphatic carbocycles. The number of hydrogen-bond acceptors (Lipinski definition) is 4. The molecule has 1 atom stereocenters. The maximum atomic E-state index is 13.8. The zero-order valence-corrected chi connectivity index (χ0v) is 17.1. The highest BCUT2D eigenvalue weighted by molar-refractivity contribution is 7.17. The summed E-state index contributed by atoms with van der Waals surface area (Å²) in [5.41, 5.74) is 1.88. The van der Waals surface area contributed by atoms with Crippen LogP contribution >= 0.6 is 11.3 Å². The second kappa shape index (κ2) is 8.16. The average Bonchev–Trinajstić information content (AvgIpc) is 3.32. The first-order valence-corrected chi connectivity index (χ1v) is 10.0. The van der Waals surface area contributed by atoms with E-state index in [0.717, 1.165) is 5.56 Å². The molecule has 0 aliphatic heterocycles. The van der Waals surface area contributed by atoms with E-state index in [1.165, 1.54) is 35.6 Å². The number of halogens is 2. The second-order valence-electron chi connectivity index (χ2n) is 6.80. The van der Waals surface area contributed by atoms with Gasteiger partial charge in [0.1, 0.15) is 33.4 Å². The van der Waals surface area contributed by atoms with E-state index in [2.05, 4.69) is 15.3 Å². The van der Waals surface area contributed by atoms with Gasteiger partial charge in [0, 0.05) is 25.0 Å². The molecule has 4 aromatic rings. The maximum absolute atomic E-state index is 13.8. The summed E-state index contributed by atoms with van der Waals surface area (Å²) < 4.78 is 28.8. The molecule has 1 amide bonds. The topological polar surface area (TPSA) is 59.8 Å². The van der Waals surface area contributed by atoms with Crippen molar-refractivity contribution in [2.24, 2.45) is 7.05 Å². The van der Waals surface area contributed by atoms with Crippen molar-refractivity contribution in [2.75, 3.05) is 0 Å². The molecule has 0 aliphatic rings. The molecule has 30 heavy (non-hydrogen) atoms. The fourth-order valence-corrected chi connectivity index (χ4v) is 4.13. The Kier molecular flexibility index (Phi) is 5.41. The van der Waals surface area contributed by atoms with Gasteiger partial charge in [0.25, 0.3) is 5.91 Å². The van der Waals surface area contributed by atoms with Crippen LogP contribution < -0.4 is 5.32 Å². The summed E-state index contributed by atoms with van der Waals surface area (Å²) in [6.45, 7) is 1.75. The van der Waals surface area contributed by atoms with Crippen molar-refractivity contribution in [1.82, 2.24) is 19.9 Å². The lowest BCUT2D eigenvalue weighted by Gasteiger charge is -2.19. The fraction of sp³-hybridized carbons (Fsp3) is 0.136. The monoisotopic (exact) mass is 424 g/mol. The van der Waals surface area contributed by atoms with E-state index in [-0.39, 0.29) is 11.7 Å². The minimum atomic E-state index is -0.635. The minimum Gasteiger partial charge on any atom is -0.337 e. The standard InChI is InChI=1S/C22H18F2N4OS/c1-13-19(30-22(26-13)14-6-8-16(23)9-7-14)21(29)27-18(20-25-10-11-28(20)2)15-4-3-5-17(24)12-15/h3-12,18H,1-2H3,(H,27,29). The van der Waals surface area contributed by atoms with E-state index in [4.69, 9.17) is 0 Å². The lowest BCUT2D eigenvalue weighted by atomic mass is 10.1. The molecule has 152 valence electrons. The predicted molar refractivity (Wildman–Crippen MR) is 111 cm³/mol. The number of nitrogens with one attached hydrogen (secondary N) is 1. The van der Waals surface area contributed by atoms with Crippen molar-refractivity contribution in [3.05, 3.63) is 94.5 Å². The van der Waals surface area contributed by atoms with Crippen LogP contribution in [-0.2, 0) is 7.05 Å². The van der Waals surface area contributed by atoms with Gasteiger partial charge in [-0.05, 0) is 48.9 Å². The van der Waals surface area contributed by atoms with Crippen LogP contribution in [0.1, 0.15) is 32.8 Å². The zero-order valence-electron chi connectivity index (χ0n) is 16.3. The molecule has 2 aromatic heterocycles. The van der Waals surface area contributed by atoms with Gasteiger partial charge in [0.2, 0.25) is 0 Å². The second-order valence-corrected chi connectivity index (χ2v) is 7.80. The smallest absolute Gasteiger partial charge is 0.264 e. The van der Waals surface area contributed by atoms with Gasteiger partial charge < -0.3 is 9.88 Å². The first-order chi connectivity index (χ1) is 14.4. The number of thiazole rings is 1. The molecule has 0 radical (unpaired) electrons. The van der Waals surface area contributed by atoms with Crippen LogP contribution in [0, 0.1) is 18.6 Å². The number of benzene rings is 2. The quantitative estimate of drug-likeness (QED) is 0.507. The van der Waals surface area contributed by atoms with Crippen LogP contribution in [0.15, 0.2) is 60.9 Å². The Hall–Kier alpha value is -3.39. The summed E-state index contributed by atoms with van der Waals surface area (Å²) in [7, 11) is 1.81. The number of aromatic nitrogens is 3. The van der Waals surface area contributed by atoms with Crippen LogP contribution in [0.3, 0.4) is 0 Å². The molecule has 2 aromatic carbocycles. The van der Waals surface area contributed by atoms with Gasteiger partial charge in [-0.2, -0.15) is 0 Å². The van der Waals surface area contributed by atoms with Gasteiger partial charge in [-0.25, -0.2) is 18.7 Å². The predicted octanol–water partition coefficient (Wildman–Crippen LogP) is 4.65. The van der Waals surface area contributed by atoms with Crippen LogP contribution in [0.25, 0.3) is 10.6 Å². The van der Waals surface area contributed by atoms with Crippen molar-refractivity contribution in [2.45, 2.75) is 13.0 Å². The van der Waals surface area contributed by atoms with E-state index in [0.29, 0.717) is 27.0 Å². The van der Waals surface area contributed by atoms with E-state index in [1.54, 1.807) is 48.1 Å². The van der Waals surface area contributed by atoms with Gasteiger partial charge in [-0.1, -0.05) is 12.1 Å². The van der Waals surface area contributed by atoms with Crippen molar-refractivity contribution >= 4 is 17.2 Å². The number of aryl methyl sites for hydroxylation is 2. The molecule has 2 heterocycles. The van der Waals surface area contributed by atoms with Crippen molar-refractivity contribution in [3.63, 3.8) is 0 Å². The fourth-order valence-electron chi connectivity index (χ4n) is 3.16. The molecule has 0 spiro atoms. The third kappa shape index (κ3) is 3.99. The SMILES string of the molecule is Cc1nc(-c2ccc(F)cc2)sc1C(=O)NC(c1cccc(F)c1)c1nccn1C. The number of imidazole rings is 1. The molecule has 0 saturated heterocycles. The summed E-state index contributed by atoms with van der Waals surface area (Å²) in [5.74, 6) is -0.489. The Labute approximate surface area is 176 Å². The van der Waals surface area contributed by atoms with Crippen molar-refractivity contribution < 1.29 is 13.6 Å². The van der Waals surface area contributed by atoms with E-state index in [9.17, 15) is 13.6 Å². The highest BCUT2D eigenvalue weighted by Gasteiger charge is 2.24. The Balaban J connectivity index is 1.66. The number of carbonyl (C=O) groups is 1. The molecule has 0 bridgehead atoms. The maximum Gasteiger partial charge on any atom is 0.264 e. The highest BCUT2D eigenvalue weighted by Crippen LogP contribution is 2.29. The third-order valence-corrected chi connectivity index (χ3v) is 5.87. The largest absolute Gasteiger partial charge is 0.337 e. The van der Waals surface area contributed by atoms with E-state index in [1.807, 2.05) is 7.05 Å². The average molecular weight is 424 g/mol. The highest BCUT2D eigenvalue weighted by atomic mass is 32.1. The van der Waals surface area contributed by atoms with Crippen LogP contribution in [0.2, 0.25) is 0 Å². The summed E-state index contributed by atoms with van der Waals surface area (Å²) in [6.07, 6.45) is 3.39. The first kappa shape index (κ1) is 19.9. The van der Waals surface area contributed by atoms with Gasteiger partial charge in [0.05, 0.1) is 5.69 Å². The molecule has 4 rings (SSSR count). The Morgan fingerprint density at radius 3 is 2.57 bits per heavy atom. The van der Waals surface area contributed by atoms with Crippen LogP contribution in [0.5, 0.6) is 0 Å². The molecule has 5 nitrogen and oxygen atoms in total. The van der Waals surface area contributed by atoms with Gasteiger partial charge in [0.15, 0.2) is 0 Å².